The van der Waals surface area contributed by atoms with E-state index in [4.69, 9.17) is 4.74 Å². The topological polar surface area (TPSA) is 42.4 Å². The first-order valence-corrected chi connectivity index (χ1v) is 7.84. The number of hydrogen-bond donors (Lipinski definition) is 1. The zero-order chi connectivity index (χ0) is 14.7. The molecule has 2 aromatic carbocycles. The fourth-order valence-electron chi connectivity index (χ4n) is 2.19. The third-order valence-corrected chi connectivity index (χ3v) is 3.97. The molecule has 0 bridgehead atoms. The molecule has 0 unspecified atom stereocenters. The smallest absolute Gasteiger partial charge is 0.227 e. The lowest BCUT2D eigenvalue weighted by Crippen LogP contribution is -1.96. The van der Waals surface area contributed by atoms with Crippen LogP contribution in [0.25, 0.3) is 10.8 Å². The average molecular weight is 297 g/mol. The molecule has 0 spiro atoms. The molecule has 0 aliphatic rings. The van der Waals surface area contributed by atoms with Crippen LogP contribution in [0.1, 0.15) is 5.69 Å². The number of para-hydroxylation sites is 1. The summed E-state index contributed by atoms with van der Waals surface area (Å²) in [6.07, 6.45) is 2.01. The van der Waals surface area contributed by atoms with E-state index in [9.17, 15) is 5.11 Å². The zero-order valence-corrected chi connectivity index (χ0v) is 12.4. The SMILES string of the molecule is CSc1ccccc1Oc1nc(CO)cc2ccccc12. The van der Waals surface area contributed by atoms with Crippen LogP contribution in [-0.4, -0.2) is 16.3 Å². The molecule has 0 radical (unpaired) electrons. The van der Waals surface area contributed by atoms with Crippen molar-refractivity contribution in [1.82, 2.24) is 4.98 Å². The van der Waals surface area contributed by atoms with Crippen LogP contribution in [0.3, 0.4) is 0 Å². The Morgan fingerprint density at radius 3 is 2.67 bits per heavy atom. The Hall–Kier alpha value is -2.04. The molecule has 1 heterocycles. The lowest BCUT2D eigenvalue weighted by molar-refractivity contribution is 0.275. The van der Waals surface area contributed by atoms with E-state index in [0.717, 1.165) is 21.4 Å². The first-order chi connectivity index (χ1) is 10.3. The number of aliphatic hydroxyl groups is 1. The molecule has 0 saturated heterocycles. The van der Waals surface area contributed by atoms with Gasteiger partial charge >= 0.3 is 0 Å². The van der Waals surface area contributed by atoms with Gasteiger partial charge in [0.2, 0.25) is 5.88 Å². The molecule has 0 fully saturated rings. The molecule has 0 atom stereocenters. The average Bonchev–Trinajstić information content (AvgIpc) is 2.55. The van der Waals surface area contributed by atoms with Gasteiger partial charge in [0.25, 0.3) is 0 Å². The summed E-state index contributed by atoms with van der Waals surface area (Å²) in [5.41, 5.74) is 0.602. The summed E-state index contributed by atoms with van der Waals surface area (Å²) in [5.74, 6) is 1.30. The largest absolute Gasteiger partial charge is 0.437 e. The Labute approximate surface area is 127 Å². The van der Waals surface area contributed by atoms with Crippen molar-refractivity contribution in [2.75, 3.05) is 6.26 Å². The second-order valence-electron chi connectivity index (χ2n) is 4.55. The number of thioether (sulfide) groups is 1. The van der Waals surface area contributed by atoms with E-state index in [1.54, 1.807) is 11.8 Å². The van der Waals surface area contributed by atoms with Gasteiger partial charge in [0.05, 0.1) is 12.3 Å². The van der Waals surface area contributed by atoms with Crippen LogP contribution in [0.15, 0.2) is 59.5 Å². The number of aliphatic hydroxyl groups excluding tert-OH is 1. The number of hydrogen-bond acceptors (Lipinski definition) is 4. The van der Waals surface area contributed by atoms with Gasteiger partial charge in [-0.15, -0.1) is 11.8 Å². The van der Waals surface area contributed by atoms with Crippen molar-refractivity contribution in [1.29, 1.82) is 0 Å². The predicted molar refractivity (Wildman–Crippen MR) is 86.0 cm³/mol. The summed E-state index contributed by atoms with van der Waals surface area (Å²) in [5, 5.41) is 11.3. The number of rotatable bonds is 4. The Bertz CT molecular complexity index is 774. The maximum absolute atomic E-state index is 9.37. The van der Waals surface area contributed by atoms with E-state index < -0.39 is 0 Å². The first-order valence-electron chi connectivity index (χ1n) is 6.62. The number of nitrogens with zero attached hydrogens (tertiary/aromatic N) is 1. The standard InChI is InChI=1S/C17H15NO2S/c1-21-16-9-5-4-8-15(16)20-17-14-7-3-2-6-12(14)10-13(11-19)18-17/h2-10,19H,11H2,1H3. The minimum Gasteiger partial charge on any atom is -0.437 e. The van der Waals surface area contributed by atoms with E-state index in [-0.39, 0.29) is 6.61 Å². The number of aromatic nitrogens is 1. The predicted octanol–water partition coefficient (Wildman–Crippen LogP) is 4.24. The van der Waals surface area contributed by atoms with Crippen molar-refractivity contribution in [3.05, 3.63) is 60.3 Å². The maximum atomic E-state index is 9.37. The molecule has 0 aliphatic carbocycles. The van der Waals surface area contributed by atoms with Gasteiger partial charge in [-0.2, -0.15) is 0 Å². The van der Waals surface area contributed by atoms with Gasteiger partial charge in [-0.25, -0.2) is 4.98 Å². The third-order valence-electron chi connectivity index (χ3n) is 3.20. The molecule has 21 heavy (non-hydrogen) atoms. The van der Waals surface area contributed by atoms with E-state index in [1.807, 2.05) is 60.9 Å². The summed E-state index contributed by atoms with van der Waals surface area (Å²) in [6.45, 7) is -0.106. The summed E-state index contributed by atoms with van der Waals surface area (Å²) < 4.78 is 6.01. The summed E-state index contributed by atoms with van der Waals surface area (Å²) in [7, 11) is 0. The van der Waals surface area contributed by atoms with Gasteiger partial charge in [0, 0.05) is 10.3 Å². The van der Waals surface area contributed by atoms with E-state index in [1.165, 1.54) is 0 Å². The molecule has 3 aromatic rings. The lowest BCUT2D eigenvalue weighted by atomic mass is 10.1. The van der Waals surface area contributed by atoms with Crippen LogP contribution in [0.2, 0.25) is 0 Å². The molecule has 3 nitrogen and oxygen atoms in total. The van der Waals surface area contributed by atoms with Crippen molar-refractivity contribution in [2.45, 2.75) is 11.5 Å². The minimum absolute atomic E-state index is 0.106. The van der Waals surface area contributed by atoms with Gasteiger partial charge in [-0.3, -0.25) is 0 Å². The maximum Gasteiger partial charge on any atom is 0.227 e. The molecule has 1 N–H and O–H groups in total. The van der Waals surface area contributed by atoms with Crippen LogP contribution in [0.4, 0.5) is 0 Å². The molecule has 1 aromatic heterocycles. The Kier molecular flexibility index (Phi) is 4.08. The molecular weight excluding hydrogens is 282 g/mol. The highest BCUT2D eigenvalue weighted by Crippen LogP contribution is 2.34. The number of benzene rings is 2. The second-order valence-corrected chi connectivity index (χ2v) is 5.40. The van der Waals surface area contributed by atoms with E-state index >= 15 is 0 Å². The molecular formula is C17H15NO2S. The van der Waals surface area contributed by atoms with Crippen LogP contribution in [-0.2, 0) is 6.61 Å². The third kappa shape index (κ3) is 2.86. The van der Waals surface area contributed by atoms with Gasteiger partial charge < -0.3 is 9.84 Å². The Morgan fingerprint density at radius 2 is 1.86 bits per heavy atom. The lowest BCUT2D eigenvalue weighted by Gasteiger charge is -2.12. The van der Waals surface area contributed by atoms with Crippen molar-refractivity contribution in [2.24, 2.45) is 0 Å². The summed E-state index contributed by atoms with van der Waals surface area (Å²) in [4.78, 5) is 5.46. The normalized spacial score (nSPS) is 10.8. The van der Waals surface area contributed by atoms with Crippen molar-refractivity contribution < 1.29 is 9.84 Å². The minimum atomic E-state index is -0.106. The summed E-state index contributed by atoms with van der Waals surface area (Å²) >= 11 is 1.63. The Balaban J connectivity index is 2.11. The van der Waals surface area contributed by atoms with E-state index in [2.05, 4.69) is 4.98 Å². The van der Waals surface area contributed by atoms with Crippen LogP contribution < -0.4 is 4.74 Å². The molecule has 0 aliphatic heterocycles. The first kappa shape index (κ1) is 13.9. The summed E-state index contributed by atoms with van der Waals surface area (Å²) in [6, 6.07) is 17.6. The zero-order valence-electron chi connectivity index (χ0n) is 11.6. The van der Waals surface area contributed by atoms with Crippen molar-refractivity contribution in [3.63, 3.8) is 0 Å². The highest BCUT2D eigenvalue weighted by molar-refractivity contribution is 7.98. The van der Waals surface area contributed by atoms with Crippen molar-refractivity contribution in [3.8, 4) is 11.6 Å². The van der Waals surface area contributed by atoms with E-state index in [0.29, 0.717) is 11.6 Å². The van der Waals surface area contributed by atoms with Gasteiger partial charge in [0.15, 0.2) is 0 Å². The fourth-order valence-corrected chi connectivity index (χ4v) is 2.71. The fraction of sp³-hybridized carbons (Fsp3) is 0.118. The van der Waals surface area contributed by atoms with Gasteiger partial charge in [-0.1, -0.05) is 30.3 Å². The number of ether oxygens (including phenoxy) is 1. The van der Waals surface area contributed by atoms with Crippen LogP contribution >= 0.6 is 11.8 Å². The Morgan fingerprint density at radius 1 is 1.10 bits per heavy atom. The number of fused-ring (bicyclic) bond motifs is 1. The molecule has 3 rings (SSSR count). The monoisotopic (exact) mass is 297 g/mol. The van der Waals surface area contributed by atoms with Gasteiger partial charge in [0.1, 0.15) is 5.75 Å². The van der Waals surface area contributed by atoms with Gasteiger partial charge in [-0.05, 0) is 35.9 Å². The second kappa shape index (κ2) is 6.16. The number of pyridine rings is 1. The highest BCUT2D eigenvalue weighted by atomic mass is 32.2. The quantitative estimate of drug-likeness (QED) is 0.731. The molecule has 4 heteroatoms. The van der Waals surface area contributed by atoms with Crippen molar-refractivity contribution >= 4 is 22.5 Å². The molecule has 0 amide bonds. The van der Waals surface area contributed by atoms with Crippen LogP contribution in [0, 0.1) is 0 Å². The molecule has 106 valence electrons. The highest BCUT2D eigenvalue weighted by Gasteiger charge is 2.10. The van der Waals surface area contributed by atoms with Crippen LogP contribution in [0.5, 0.6) is 11.6 Å². The molecule has 0 saturated carbocycles.